The quantitative estimate of drug-likeness (QED) is 0.880. The van der Waals surface area contributed by atoms with Crippen molar-refractivity contribution in [2.45, 2.75) is 29.4 Å². The van der Waals surface area contributed by atoms with E-state index in [-0.39, 0.29) is 11.7 Å². The summed E-state index contributed by atoms with van der Waals surface area (Å²) in [4.78, 5) is 12.3. The second kappa shape index (κ2) is 5.41. The molecule has 1 aromatic carbocycles. The number of benzene rings is 1. The third-order valence-electron chi connectivity index (χ3n) is 2.80. The van der Waals surface area contributed by atoms with Crippen molar-refractivity contribution in [1.29, 1.82) is 0 Å². The first-order chi connectivity index (χ1) is 8.63. The molecule has 1 unspecified atom stereocenters. The molecule has 0 aliphatic heterocycles. The largest absolute Gasteiger partial charge is 0.343 e. The second-order valence-electron chi connectivity index (χ2n) is 4.02. The van der Waals surface area contributed by atoms with Gasteiger partial charge in [0.05, 0.1) is 0 Å². The Labute approximate surface area is 109 Å². The predicted octanol–water partition coefficient (Wildman–Crippen LogP) is 1.67. The van der Waals surface area contributed by atoms with Crippen molar-refractivity contribution in [2.75, 3.05) is 0 Å². The molecule has 0 fully saturated rings. The molecule has 0 saturated carbocycles. The lowest BCUT2D eigenvalue weighted by molar-refractivity contribution is 0.684. The molecule has 0 bridgehead atoms. The Balaban J connectivity index is 2.34. The Kier molecular flexibility index (Phi) is 3.88. The Bertz CT molecular complexity index is 590. The number of nitrogens with zero attached hydrogens (tertiary/aromatic N) is 2. The highest BCUT2D eigenvalue weighted by Crippen LogP contribution is 2.31. The number of hydrogen-bond acceptors (Lipinski definition) is 4. The Morgan fingerprint density at radius 2 is 2.22 bits per heavy atom. The molecule has 1 heterocycles. The van der Waals surface area contributed by atoms with E-state index in [1.807, 2.05) is 24.3 Å². The third-order valence-corrected chi connectivity index (χ3v) is 3.94. The van der Waals surface area contributed by atoms with E-state index in [0.717, 1.165) is 16.9 Å². The molecule has 0 amide bonds. The summed E-state index contributed by atoms with van der Waals surface area (Å²) < 4.78 is 1.49. The number of nitrogens with one attached hydrogen (secondary N) is 1. The zero-order valence-corrected chi connectivity index (χ0v) is 11.2. The average Bonchev–Trinajstić information content (AvgIpc) is 2.70. The van der Waals surface area contributed by atoms with E-state index < -0.39 is 0 Å². The van der Waals surface area contributed by atoms with Crippen LogP contribution in [0.15, 0.2) is 39.1 Å². The van der Waals surface area contributed by atoms with E-state index in [9.17, 15) is 4.79 Å². The minimum absolute atomic E-state index is 0.00432. The van der Waals surface area contributed by atoms with Gasteiger partial charge in [0.25, 0.3) is 0 Å². The first kappa shape index (κ1) is 12.9. The third kappa shape index (κ3) is 2.49. The van der Waals surface area contributed by atoms with Gasteiger partial charge in [-0.2, -0.15) is 0 Å². The zero-order chi connectivity index (χ0) is 13.1. The van der Waals surface area contributed by atoms with Crippen LogP contribution in [-0.2, 0) is 7.05 Å². The van der Waals surface area contributed by atoms with Crippen LogP contribution in [-0.4, -0.2) is 14.8 Å². The van der Waals surface area contributed by atoms with Gasteiger partial charge >= 0.3 is 5.69 Å². The first-order valence-corrected chi connectivity index (χ1v) is 6.59. The number of hydrogen-bond donors (Lipinski definition) is 2. The summed E-state index contributed by atoms with van der Waals surface area (Å²) in [5.41, 5.74) is 6.95. The van der Waals surface area contributed by atoms with Crippen molar-refractivity contribution >= 4 is 11.8 Å². The molecule has 1 atom stereocenters. The minimum atomic E-state index is -0.213. The second-order valence-corrected chi connectivity index (χ2v) is 5.03. The molecule has 0 saturated heterocycles. The lowest BCUT2D eigenvalue weighted by atomic mass is 10.1. The topological polar surface area (TPSA) is 76.7 Å². The number of H-pyrrole nitrogens is 1. The lowest BCUT2D eigenvalue weighted by Gasteiger charge is -2.13. The van der Waals surface area contributed by atoms with Crippen LogP contribution in [0.25, 0.3) is 0 Å². The minimum Gasteiger partial charge on any atom is -0.324 e. The molecule has 0 aliphatic rings. The maximum Gasteiger partial charge on any atom is 0.343 e. The van der Waals surface area contributed by atoms with Gasteiger partial charge < -0.3 is 5.73 Å². The van der Waals surface area contributed by atoms with Crippen molar-refractivity contribution < 1.29 is 0 Å². The molecular weight excluding hydrogens is 248 g/mol. The van der Waals surface area contributed by atoms with Crippen molar-refractivity contribution in [2.24, 2.45) is 12.8 Å². The number of aromatic amines is 1. The highest BCUT2D eigenvalue weighted by Gasteiger charge is 2.12. The normalized spacial score (nSPS) is 12.6. The van der Waals surface area contributed by atoms with Gasteiger partial charge in [0.15, 0.2) is 5.16 Å². The highest BCUT2D eigenvalue weighted by atomic mass is 32.2. The Morgan fingerprint density at radius 1 is 1.50 bits per heavy atom. The van der Waals surface area contributed by atoms with E-state index >= 15 is 0 Å². The van der Waals surface area contributed by atoms with Crippen molar-refractivity contribution in [3.05, 3.63) is 40.3 Å². The summed E-state index contributed by atoms with van der Waals surface area (Å²) in [6, 6.07) is 7.94. The summed E-state index contributed by atoms with van der Waals surface area (Å²) in [7, 11) is 1.69. The van der Waals surface area contributed by atoms with Crippen LogP contribution in [0.5, 0.6) is 0 Å². The van der Waals surface area contributed by atoms with E-state index in [4.69, 9.17) is 5.73 Å². The molecule has 3 N–H and O–H groups in total. The smallest absolute Gasteiger partial charge is 0.324 e. The van der Waals surface area contributed by atoms with Crippen molar-refractivity contribution in [1.82, 2.24) is 14.8 Å². The first-order valence-electron chi connectivity index (χ1n) is 5.77. The Morgan fingerprint density at radius 3 is 2.83 bits per heavy atom. The molecule has 5 nitrogen and oxygen atoms in total. The van der Waals surface area contributed by atoms with E-state index in [1.54, 1.807) is 7.05 Å². The van der Waals surface area contributed by atoms with Gasteiger partial charge in [0.2, 0.25) is 0 Å². The summed E-state index contributed by atoms with van der Waals surface area (Å²) in [5, 5.41) is 7.04. The molecule has 18 heavy (non-hydrogen) atoms. The average molecular weight is 264 g/mol. The maximum absolute atomic E-state index is 11.3. The molecule has 2 aromatic rings. The van der Waals surface area contributed by atoms with E-state index in [2.05, 4.69) is 17.1 Å². The fourth-order valence-corrected chi connectivity index (χ4v) is 2.61. The Hall–Kier alpha value is -1.53. The predicted molar refractivity (Wildman–Crippen MR) is 71.6 cm³/mol. The maximum atomic E-state index is 11.3. The fraction of sp³-hybridized carbons (Fsp3) is 0.333. The number of rotatable bonds is 4. The van der Waals surface area contributed by atoms with Gasteiger partial charge in [-0.25, -0.2) is 9.89 Å². The molecule has 0 radical (unpaired) electrons. The summed E-state index contributed by atoms with van der Waals surface area (Å²) >= 11 is 1.45. The van der Waals surface area contributed by atoms with E-state index in [1.165, 1.54) is 16.3 Å². The molecule has 0 aliphatic carbocycles. The fourth-order valence-electron chi connectivity index (χ4n) is 1.62. The van der Waals surface area contributed by atoms with Gasteiger partial charge in [0, 0.05) is 18.0 Å². The van der Waals surface area contributed by atoms with Gasteiger partial charge in [0.1, 0.15) is 0 Å². The molecular formula is C12H16N4OS. The zero-order valence-electron chi connectivity index (χ0n) is 10.4. The summed E-state index contributed by atoms with van der Waals surface area (Å²) in [6.07, 6.45) is 0.872. The van der Waals surface area contributed by atoms with Crippen LogP contribution < -0.4 is 11.4 Å². The van der Waals surface area contributed by atoms with Gasteiger partial charge in [-0.1, -0.05) is 25.1 Å². The monoisotopic (exact) mass is 264 g/mol. The van der Waals surface area contributed by atoms with Crippen LogP contribution >= 0.6 is 11.8 Å². The summed E-state index contributed by atoms with van der Waals surface area (Å²) in [5.74, 6) is 0. The van der Waals surface area contributed by atoms with Crippen molar-refractivity contribution in [3.8, 4) is 0 Å². The van der Waals surface area contributed by atoms with Crippen LogP contribution in [0.1, 0.15) is 24.9 Å². The van der Waals surface area contributed by atoms with Gasteiger partial charge in [-0.05, 0) is 29.8 Å². The van der Waals surface area contributed by atoms with Gasteiger partial charge in [-0.15, -0.1) is 5.10 Å². The molecule has 1 aromatic heterocycles. The van der Waals surface area contributed by atoms with Crippen LogP contribution in [0.4, 0.5) is 0 Å². The number of aromatic nitrogens is 3. The standard InChI is InChI=1S/C12H16N4OS/c1-3-9(13)8-6-4-5-7-10(8)18-12-15-14-11(17)16(12)2/h4-7,9H,3,13H2,1-2H3,(H,14,17). The summed E-state index contributed by atoms with van der Waals surface area (Å²) in [6.45, 7) is 2.05. The SMILES string of the molecule is CCC(N)c1ccccc1Sc1n[nH]c(=O)n1C. The molecule has 2 rings (SSSR count). The lowest BCUT2D eigenvalue weighted by Crippen LogP contribution is -2.13. The van der Waals surface area contributed by atoms with Crippen LogP contribution in [0.2, 0.25) is 0 Å². The van der Waals surface area contributed by atoms with Crippen LogP contribution in [0, 0.1) is 0 Å². The highest BCUT2D eigenvalue weighted by molar-refractivity contribution is 7.99. The van der Waals surface area contributed by atoms with Crippen LogP contribution in [0.3, 0.4) is 0 Å². The molecule has 0 spiro atoms. The van der Waals surface area contributed by atoms with E-state index in [0.29, 0.717) is 5.16 Å². The van der Waals surface area contributed by atoms with Gasteiger partial charge in [-0.3, -0.25) is 4.57 Å². The van der Waals surface area contributed by atoms with Crippen molar-refractivity contribution in [3.63, 3.8) is 0 Å². The molecule has 96 valence electrons. The molecule has 6 heteroatoms. The number of nitrogens with two attached hydrogens (primary N) is 1.